The first-order chi connectivity index (χ1) is 14.7. The van der Waals surface area contributed by atoms with Crippen LogP contribution in [0.3, 0.4) is 0 Å². The zero-order valence-electron chi connectivity index (χ0n) is 17.4. The topological polar surface area (TPSA) is 77.0 Å². The van der Waals surface area contributed by atoms with Crippen LogP contribution < -0.4 is 0 Å². The second kappa shape index (κ2) is 8.32. The van der Waals surface area contributed by atoms with Crippen LogP contribution in [0.1, 0.15) is 61.9 Å². The number of carbonyl (C=O) groups is 1. The largest absolute Gasteiger partial charge is 0.417 e. The Kier molecular flexibility index (Phi) is 5.72. The van der Waals surface area contributed by atoms with Gasteiger partial charge >= 0.3 is 6.18 Å². The van der Waals surface area contributed by atoms with Crippen LogP contribution in [0.5, 0.6) is 0 Å². The number of pyridine rings is 1. The molecule has 0 N–H and O–H groups in total. The molecule has 31 heavy (non-hydrogen) atoms. The summed E-state index contributed by atoms with van der Waals surface area (Å²) < 4.78 is 48.6. The molecule has 0 radical (unpaired) electrons. The lowest BCUT2D eigenvalue weighted by atomic mass is 9.91. The summed E-state index contributed by atoms with van der Waals surface area (Å²) in [6.45, 7) is 4.96. The Labute approximate surface area is 177 Å². The highest BCUT2D eigenvalue weighted by Gasteiger charge is 2.38. The summed E-state index contributed by atoms with van der Waals surface area (Å²) >= 11 is 0. The van der Waals surface area contributed by atoms with Crippen molar-refractivity contribution in [2.45, 2.75) is 57.7 Å². The monoisotopic (exact) mass is 435 g/mol. The summed E-state index contributed by atoms with van der Waals surface area (Å²) in [5.74, 6) is -0.556. The van der Waals surface area contributed by atoms with Gasteiger partial charge in [-0.2, -0.15) is 13.2 Å². The molecular formula is C21H24F3N5O2. The average molecular weight is 435 g/mol. The van der Waals surface area contributed by atoms with Crippen LogP contribution in [0, 0.1) is 0 Å². The number of aryl methyl sites for hydroxylation is 1. The van der Waals surface area contributed by atoms with Gasteiger partial charge in [0.2, 0.25) is 5.91 Å². The van der Waals surface area contributed by atoms with Crippen LogP contribution in [-0.2, 0) is 17.5 Å². The molecule has 7 nitrogen and oxygen atoms in total. The molecule has 0 bridgehead atoms. The van der Waals surface area contributed by atoms with E-state index in [1.165, 1.54) is 0 Å². The minimum absolute atomic E-state index is 0.0394. The van der Waals surface area contributed by atoms with E-state index in [4.69, 9.17) is 4.52 Å². The van der Waals surface area contributed by atoms with E-state index in [-0.39, 0.29) is 34.5 Å². The van der Waals surface area contributed by atoms with E-state index in [1.54, 1.807) is 37.5 Å². The van der Waals surface area contributed by atoms with Crippen molar-refractivity contribution in [2.75, 3.05) is 13.1 Å². The van der Waals surface area contributed by atoms with Gasteiger partial charge in [-0.15, -0.1) is 0 Å². The Balaban J connectivity index is 1.60. The van der Waals surface area contributed by atoms with Gasteiger partial charge in [0.15, 0.2) is 0 Å². The van der Waals surface area contributed by atoms with Crippen molar-refractivity contribution in [1.82, 2.24) is 24.6 Å². The van der Waals surface area contributed by atoms with Gasteiger partial charge in [0, 0.05) is 50.1 Å². The number of carbonyl (C=O) groups excluding carboxylic acids is 1. The Hall–Kier alpha value is -2.91. The number of halogens is 3. The van der Waals surface area contributed by atoms with Crippen molar-refractivity contribution in [3.05, 3.63) is 41.7 Å². The van der Waals surface area contributed by atoms with Crippen LogP contribution in [0.4, 0.5) is 13.2 Å². The molecule has 0 spiro atoms. The predicted octanol–water partition coefficient (Wildman–Crippen LogP) is 4.36. The normalized spacial score (nSPS) is 17.6. The molecule has 3 aromatic heterocycles. The summed E-state index contributed by atoms with van der Waals surface area (Å²) in [6.07, 6.45) is 2.14. The lowest BCUT2D eigenvalue weighted by Gasteiger charge is -2.32. The van der Waals surface area contributed by atoms with E-state index < -0.39 is 11.7 Å². The molecule has 4 heterocycles. The van der Waals surface area contributed by atoms with Crippen molar-refractivity contribution in [3.63, 3.8) is 0 Å². The molecule has 0 aliphatic carbocycles. The number of likely N-dealkylation sites (tertiary alicyclic amines) is 1. The number of amides is 1. The molecule has 1 saturated heterocycles. The maximum absolute atomic E-state index is 13.9. The molecule has 0 unspecified atom stereocenters. The fourth-order valence-corrected chi connectivity index (χ4v) is 4.02. The van der Waals surface area contributed by atoms with Gasteiger partial charge in [-0.1, -0.05) is 19.0 Å². The smallest absolute Gasteiger partial charge is 0.342 e. The number of alkyl halides is 3. The van der Waals surface area contributed by atoms with Gasteiger partial charge in [0.05, 0.1) is 23.0 Å². The minimum atomic E-state index is -4.56. The zero-order chi connectivity index (χ0) is 22.2. The number of nitrogens with zero attached hydrogens (tertiary/aromatic N) is 5. The van der Waals surface area contributed by atoms with E-state index in [9.17, 15) is 18.0 Å². The van der Waals surface area contributed by atoms with Crippen LogP contribution in [-0.4, -0.2) is 43.6 Å². The number of hydrogen-bond donors (Lipinski definition) is 0. The summed E-state index contributed by atoms with van der Waals surface area (Å²) in [5, 5.41) is 3.90. The van der Waals surface area contributed by atoms with Crippen molar-refractivity contribution in [2.24, 2.45) is 0 Å². The number of rotatable bonds is 5. The molecule has 3 aromatic rings. The standard InChI is InChI=1S/C21H24F3N5O2/c1-13(2)16-10-15(21(22,23)24)18-19(27-31-20(18)26-16)14-4-3-7-29(11-14)17(30)5-8-28-9-6-25-12-28/h6,9-10,12-14H,3-5,7-8,11H2,1-2H3/t14-/m1/s1. The third kappa shape index (κ3) is 4.42. The minimum Gasteiger partial charge on any atom is -0.342 e. The number of piperidine rings is 1. The Bertz CT molecular complexity index is 1060. The lowest BCUT2D eigenvalue weighted by Crippen LogP contribution is -2.39. The summed E-state index contributed by atoms with van der Waals surface area (Å²) in [7, 11) is 0. The predicted molar refractivity (Wildman–Crippen MR) is 106 cm³/mol. The molecule has 1 aliphatic heterocycles. The highest BCUT2D eigenvalue weighted by Crippen LogP contribution is 2.40. The average Bonchev–Trinajstić information content (AvgIpc) is 3.40. The molecule has 10 heteroatoms. The maximum atomic E-state index is 13.9. The maximum Gasteiger partial charge on any atom is 0.417 e. The van der Waals surface area contributed by atoms with Gasteiger partial charge < -0.3 is 14.0 Å². The van der Waals surface area contributed by atoms with Crippen molar-refractivity contribution < 1.29 is 22.5 Å². The number of aromatic nitrogens is 4. The van der Waals surface area contributed by atoms with Gasteiger partial charge in [0.25, 0.3) is 5.71 Å². The molecule has 4 rings (SSSR count). The van der Waals surface area contributed by atoms with Crippen molar-refractivity contribution in [3.8, 4) is 0 Å². The van der Waals surface area contributed by atoms with E-state index in [0.29, 0.717) is 44.6 Å². The summed E-state index contributed by atoms with van der Waals surface area (Å²) in [6, 6.07) is 1.09. The quantitative estimate of drug-likeness (QED) is 0.595. The SMILES string of the molecule is CC(C)c1cc(C(F)(F)F)c2c([C@@H]3CCCN(C(=O)CCn4ccnc4)C3)noc2n1. The first-order valence-corrected chi connectivity index (χ1v) is 10.3. The second-order valence-corrected chi connectivity index (χ2v) is 8.22. The van der Waals surface area contributed by atoms with Gasteiger partial charge in [-0.3, -0.25) is 4.79 Å². The van der Waals surface area contributed by atoms with E-state index >= 15 is 0 Å². The molecule has 0 saturated carbocycles. The number of imidazole rings is 1. The van der Waals surface area contributed by atoms with Crippen LogP contribution >= 0.6 is 0 Å². The first-order valence-electron chi connectivity index (χ1n) is 10.3. The lowest BCUT2D eigenvalue weighted by molar-refractivity contribution is -0.136. The molecule has 0 aromatic carbocycles. The van der Waals surface area contributed by atoms with Gasteiger partial charge in [-0.25, -0.2) is 9.97 Å². The van der Waals surface area contributed by atoms with Crippen LogP contribution in [0.2, 0.25) is 0 Å². The molecule has 1 aliphatic rings. The molecular weight excluding hydrogens is 411 g/mol. The molecule has 1 atom stereocenters. The third-order valence-corrected chi connectivity index (χ3v) is 5.69. The van der Waals surface area contributed by atoms with Gasteiger partial charge in [-0.05, 0) is 24.8 Å². The van der Waals surface area contributed by atoms with Crippen molar-refractivity contribution >= 4 is 17.0 Å². The number of fused-ring (bicyclic) bond motifs is 1. The fraction of sp³-hybridized carbons (Fsp3) is 0.524. The molecule has 1 fully saturated rings. The van der Waals surface area contributed by atoms with Crippen LogP contribution in [0.15, 0.2) is 29.3 Å². The van der Waals surface area contributed by atoms with E-state index in [2.05, 4.69) is 15.1 Å². The summed E-state index contributed by atoms with van der Waals surface area (Å²) in [4.78, 5) is 22.6. The van der Waals surface area contributed by atoms with E-state index in [0.717, 1.165) is 6.07 Å². The second-order valence-electron chi connectivity index (χ2n) is 8.22. The number of hydrogen-bond acceptors (Lipinski definition) is 5. The molecule has 166 valence electrons. The molecule has 1 amide bonds. The van der Waals surface area contributed by atoms with Crippen molar-refractivity contribution in [1.29, 1.82) is 0 Å². The van der Waals surface area contributed by atoms with Gasteiger partial charge in [0.1, 0.15) is 0 Å². The fourth-order valence-electron chi connectivity index (χ4n) is 4.02. The Morgan fingerprint density at radius 2 is 2.16 bits per heavy atom. The first kappa shape index (κ1) is 21.3. The van der Waals surface area contributed by atoms with Crippen LogP contribution in [0.25, 0.3) is 11.1 Å². The zero-order valence-corrected chi connectivity index (χ0v) is 17.4. The van der Waals surface area contributed by atoms with E-state index in [1.807, 2.05) is 4.57 Å². The highest BCUT2D eigenvalue weighted by molar-refractivity contribution is 5.82. The Morgan fingerprint density at radius 3 is 2.84 bits per heavy atom. The third-order valence-electron chi connectivity index (χ3n) is 5.69. The highest BCUT2D eigenvalue weighted by atomic mass is 19.4. The summed E-state index contributed by atoms with van der Waals surface area (Å²) in [5.41, 5.74) is -0.335. The Morgan fingerprint density at radius 1 is 1.35 bits per heavy atom.